The second kappa shape index (κ2) is 6.98. The standard InChI is InChI=1S/C22H20N4O4/c27-19(12-17-14-6-1-2-7-15(14)21(29)25-24-17)26-11-5-10-22(13-26)23-20(28)16-8-3-4-9-18(16)30-22/h1-4,6-9H,5,10-13H2,(H,23,28)(H,25,29). The average Bonchev–Trinajstić information content (AvgIpc) is 2.76. The van der Waals surface area contributed by atoms with Crippen molar-refractivity contribution in [2.24, 2.45) is 0 Å². The van der Waals surface area contributed by atoms with Gasteiger partial charge in [0.15, 0.2) is 0 Å². The van der Waals surface area contributed by atoms with Crippen molar-refractivity contribution in [1.29, 1.82) is 0 Å². The number of hydrogen-bond donors (Lipinski definition) is 2. The van der Waals surface area contributed by atoms with Crippen LogP contribution >= 0.6 is 0 Å². The second-order valence-electron chi connectivity index (χ2n) is 7.69. The molecule has 1 spiro atoms. The molecule has 2 N–H and O–H groups in total. The molecule has 1 fully saturated rings. The van der Waals surface area contributed by atoms with Gasteiger partial charge in [-0.1, -0.05) is 30.3 Å². The van der Waals surface area contributed by atoms with Crippen molar-refractivity contribution in [3.8, 4) is 5.75 Å². The molecular formula is C22H20N4O4. The summed E-state index contributed by atoms with van der Waals surface area (Å²) in [6.07, 6.45) is 1.38. The first-order valence-corrected chi connectivity index (χ1v) is 9.89. The van der Waals surface area contributed by atoms with Gasteiger partial charge in [-0.2, -0.15) is 5.10 Å². The summed E-state index contributed by atoms with van der Waals surface area (Å²) < 4.78 is 6.16. The van der Waals surface area contributed by atoms with Crippen LogP contribution < -0.4 is 15.6 Å². The van der Waals surface area contributed by atoms with Crippen LogP contribution in [0.2, 0.25) is 0 Å². The van der Waals surface area contributed by atoms with E-state index in [0.717, 1.165) is 0 Å². The molecule has 2 aliphatic rings. The van der Waals surface area contributed by atoms with Crippen LogP contribution in [-0.2, 0) is 11.2 Å². The topological polar surface area (TPSA) is 104 Å². The molecule has 152 valence electrons. The van der Waals surface area contributed by atoms with E-state index in [1.165, 1.54) is 0 Å². The van der Waals surface area contributed by atoms with Crippen LogP contribution in [0.4, 0.5) is 0 Å². The summed E-state index contributed by atoms with van der Waals surface area (Å²) >= 11 is 0. The number of aromatic nitrogens is 2. The Morgan fingerprint density at radius 1 is 1.10 bits per heavy atom. The Kier molecular flexibility index (Phi) is 4.27. The Morgan fingerprint density at radius 3 is 2.73 bits per heavy atom. The first-order chi connectivity index (χ1) is 14.5. The van der Waals surface area contributed by atoms with Crippen molar-refractivity contribution in [3.05, 3.63) is 70.1 Å². The maximum absolute atomic E-state index is 13.1. The van der Waals surface area contributed by atoms with E-state index in [-0.39, 0.29) is 30.3 Å². The number of para-hydroxylation sites is 1. The number of piperidine rings is 1. The van der Waals surface area contributed by atoms with Crippen LogP contribution in [0.3, 0.4) is 0 Å². The molecule has 0 aliphatic carbocycles. The second-order valence-corrected chi connectivity index (χ2v) is 7.69. The smallest absolute Gasteiger partial charge is 0.272 e. The van der Waals surface area contributed by atoms with Gasteiger partial charge in [-0.25, -0.2) is 5.10 Å². The number of carbonyl (C=O) groups excluding carboxylic acids is 2. The van der Waals surface area contributed by atoms with E-state index in [2.05, 4.69) is 15.5 Å². The third-order valence-electron chi connectivity index (χ3n) is 5.68. The number of aromatic amines is 1. The summed E-state index contributed by atoms with van der Waals surface area (Å²) in [7, 11) is 0. The molecule has 5 rings (SSSR count). The number of fused-ring (bicyclic) bond motifs is 2. The Labute approximate surface area is 171 Å². The predicted octanol–water partition coefficient (Wildman–Crippen LogP) is 1.61. The van der Waals surface area contributed by atoms with Gasteiger partial charge in [0, 0.05) is 18.4 Å². The summed E-state index contributed by atoms with van der Waals surface area (Å²) in [6.45, 7) is 0.829. The monoisotopic (exact) mass is 404 g/mol. The molecule has 8 heteroatoms. The third-order valence-corrected chi connectivity index (χ3v) is 5.68. The minimum absolute atomic E-state index is 0.0535. The van der Waals surface area contributed by atoms with Gasteiger partial charge in [-0.15, -0.1) is 0 Å². The molecule has 30 heavy (non-hydrogen) atoms. The number of ether oxygens (including phenoxy) is 1. The summed E-state index contributed by atoms with van der Waals surface area (Å²) in [5.74, 6) is 0.207. The maximum Gasteiger partial charge on any atom is 0.272 e. The summed E-state index contributed by atoms with van der Waals surface area (Å²) in [5.41, 5.74) is -0.195. The molecule has 0 saturated carbocycles. The molecular weight excluding hydrogens is 384 g/mol. The van der Waals surface area contributed by atoms with E-state index in [9.17, 15) is 14.4 Å². The SMILES string of the molecule is O=C1NC2(CCCN(C(=O)Cc3n[nH]c(=O)c4ccccc34)C2)Oc2ccccc21. The molecule has 8 nitrogen and oxygen atoms in total. The molecule has 1 aromatic heterocycles. The van der Waals surface area contributed by atoms with Gasteiger partial charge in [-0.05, 0) is 24.6 Å². The van der Waals surface area contributed by atoms with Crippen molar-refractivity contribution in [2.45, 2.75) is 25.0 Å². The fraction of sp³-hybridized carbons (Fsp3) is 0.273. The van der Waals surface area contributed by atoms with Crippen molar-refractivity contribution in [3.63, 3.8) is 0 Å². The lowest BCUT2D eigenvalue weighted by molar-refractivity contribution is -0.137. The van der Waals surface area contributed by atoms with E-state index in [4.69, 9.17) is 4.74 Å². The van der Waals surface area contributed by atoms with Crippen molar-refractivity contribution in [1.82, 2.24) is 20.4 Å². The summed E-state index contributed by atoms with van der Waals surface area (Å²) in [4.78, 5) is 39.3. The van der Waals surface area contributed by atoms with Gasteiger partial charge in [0.1, 0.15) is 5.75 Å². The number of amides is 2. The van der Waals surface area contributed by atoms with E-state index in [1.54, 1.807) is 41.3 Å². The van der Waals surface area contributed by atoms with Gasteiger partial charge in [-0.3, -0.25) is 14.4 Å². The van der Waals surface area contributed by atoms with Gasteiger partial charge in [0.05, 0.1) is 29.6 Å². The van der Waals surface area contributed by atoms with E-state index < -0.39 is 5.72 Å². The first-order valence-electron chi connectivity index (χ1n) is 9.89. The Bertz CT molecular complexity index is 1220. The Balaban J connectivity index is 1.39. The van der Waals surface area contributed by atoms with Crippen LogP contribution in [0.5, 0.6) is 5.75 Å². The number of H-pyrrole nitrogens is 1. The number of nitrogens with one attached hydrogen (secondary N) is 2. The van der Waals surface area contributed by atoms with Crippen LogP contribution in [0.1, 0.15) is 28.9 Å². The highest BCUT2D eigenvalue weighted by molar-refractivity contribution is 5.98. The zero-order valence-corrected chi connectivity index (χ0v) is 16.2. The third kappa shape index (κ3) is 3.10. The zero-order chi connectivity index (χ0) is 20.7. The molecule has 2 aromatic carbocycles. The highest BCUT2D eigenvalue weighted by Gasteiger charge is 2.44. The number of carbonyl (C=O) groups is 2. The van der Waals surface area contributed by atoms with Gasteiger partial charge >= 0.3 is 0 Å². The minimum atomic E-state index is -0.931. The van der Waals surface area contributed by atoms with Crippen molar-refractivity contribution < 1.29 is 14.3 Å². The summed E-state index contributed by atoms with van der Waals surface area (Å²) in [5, 5.41) is 10.7. The maximum atomic E-state index is 13.1. The van der Waals surface area contributed by atoms with Gasteiger partial charge < -0.3 is 15.0 Å². The van der Waals surface area contributed by atoms with Gasteiger partial charge in [0.25, 0.3) is 11.5 Å². The minimum Gasteiger partial charge on any atom is -0.465 e. The average molecular weight is 404 g/mol. The van der Waals surface area contributed by atoms with E-state index in [1.807, 2.05) is 12.1 Å². The van der Waals surface area contributed by atoms with Crippen LogP contribution in [0, 0.1) is 0 Å². The molecule has 0 bridgehead atoms. The Hall–Kier alpha value is -3.68. The molecule has 1 unspecified atom stereocenters. The fourth-order valence-electron chi connectivity index (χ4n) is 4.23. The number of rotatable bonds is 2. The van der Waals surface area contributed by atoms with Gasteiger partial charge in [0.2, 0.25) is 11.6 Å². The highest BCUT2D eigenvalue weighted by atomic mass is 16.5. The lowest BCUT2D eigenvalue weighted by Gasteiger charge is -2.45. The number of benzene rings is 2. The summed E-state index contributed by atoms with van der Waals surface area (Å²) in [6, 6.07) is 14.2. The van der Waals surface area contributed by atoms with Crippen LogP contribution in [0.25, 0.3) is 10.8 Å². The van der Waals surface area contributed by atoms with Crippen molar-refractivity contribution >= 4 is 22.6 Å². The molecule has 2 amide bonds. The Morgan fingerprint density at radius 2 is 1.87 bits per heavy atom. The predicted molar refractivity (Wildman–Crippen MR) is 109 cm³/mol. The van der Waals surface area contributed by atoms with Crippen molar-refractivity contribution in [2.75, 3.05) is 13.1 Å². The molecule has 2 aliphatic heterocycles. The number of hydrogen-bond acceptors (Lipinski definition) is 5. The lowest BCUT2D eigenvalue weighted by atomic mass is 9.97. The normalized spacial score (nSPS) is 20.5. The first kappa shape index (κ1) is 18.4. The molecule has 1 atom stereocenters. The lowest BCUT2D eigenvalue weighted by Crippen LogP contribution is -2.65. The number of likely N-dealkylation sites (tertiary alicyclic amines) is 1. The largest absolute Gasteiger partial charge is 0.465 e. The molecule has 1 saturated heterocycles. The zero-order valence-electron chi connectivity index (χ0n) is 16.2. The quantitative estimate of drug-likeness (QED) is 0.675. The fourth-order valence-corrected chi connectivity index (χ4v) is 4.23. The highest BCUT2D eigenvalue weighted by Crippen LogP contribution is 2.32. The molecule has 0 radical (unpaired) electrons. The molecule has 3 heterocycles. The van der Waals surface area contributed by atoms with Crippen LogP contribution in [-0.4, -0.2) is 45.7 Å². The molecule has 3 aromatic rings. The van der Waals surface area contributed by atoms with Crippen LogP contribution in [0.15, 0.2) is 53.3 Å². The number of nitrogens with zero attached hydrogens (tertiary/aromatic N) is 2. The van der Waals surface area contributed by atoms with E-state index >= 15 is 0 Å². The van der Waals surface area contributed by atoms with E-state index in [0.29, 0.717) is 47.2 Å².